The van der Waals surface area contributed by atoms with Crippen molar-refractivity contribution in [1.29, 1.82) is 0 Å². The number of hydrogen-bond donors (Lipinski definition) is 4. The molecular weight excluding hydrogens is 334 g/mol. The fourth-order valence-electron chi connectivity index (χ4n) is 3.33. The van der Waals surface area contributed by atoms with Crippen molar-refractivity contribution >= 4 is 0 Å². The summed E-state index contributed by atoms with van der Waals surface area (Å²) in [5.74, 6) is 0.546. The largest absolute Gasteiger partial charge is 0.394 e. The standard InChI is InChI=1S/C20H33NO5/c1-13(2)7-8-21(10-15-6-4-5-14(3)9-15)11-16-18(23)20(25)19(24)17(12-22)26-16/h4-6,9,13,16-20,22-25H,7-8,10-12H2,1-3H3/t16-,17+,18+,19+,20+/m0/s1. The van der Waals surface area contributed by atoms with Crippen molar-refractivity contribution in [3.8, 4) is 0 Å². The minimum atomic E-state index is -1.32. The van der Waals surface area contributed by atoms with Gasteiger partial charge in [-0.1, -0.05) is 43.7 Å². The highest BCUT2D eigenvalue weighted by atomic mass is 16.5. The van der Waals surface area contributed by atoms with Crippen LogP contribution in [0.3, 0.4) is 0 Å². The van der Waals surface area contributed by atoms with E-state index >= 15 is 0 Å². The van der Waals surface area contributed by atoms with Crippen LogP contribution in [0.25, 0.3) is 0 Å². The molecule has 2 rings (SSSR count). The van der Waals surface area contributed by atoms with E-state index in [0.717, 1.165) is 13.0 Å². The first-order valence-corrected chi connectivity index (χ1v) is 9.40. The molecule has 148 valence electrons. The third-order valence-corrected chi connectivity index (χ3v) is 4.94. The van der Waals surface area contributed by atoms with Gasteiger partial charge in [0.15, 0.2) is 0 Å². The van der Waals surface area contributed by atoms with Crippen LogP contribution >= 0.6 is 0 Å². The molecule has 26 heavy (non-hydrogen) atoms. The molecule has 0 aliphatic carbocycles. The number of hydrogen-bond acceptors (Lipinski definition) is 6. The molecule has 1 aliphatic rings. The first-order chi connectivity index (χ1) is 12.3. The number of aryl methyl sites for hydroxylation is 1. The van der Waals surface area contributed by atoms with Gasteiger partial charge in [-0.2, -0.15) is 0 Å². The van der Waals surface area contributed by atoms with E-state index in [1.807, 2.05) is 6.07 Å². The Morgan fingerprint density at radius 2 is 1.77 bits per heavy atom. The van der Waals surface area contributed by atoms with Crippen molar-refractivity contribution in [3.63, 3.8) is 0 Å². The predicted molar refractivity (Wildman–Crippen MR) is 99.7 cm³/mol. The summed E-state index contributed by atoms with van der Waals surface area (Å²) in [6.07, 6.45) is -4.34. The number of aliphatic hydroxyl groups is 4. The van der Waals surface area contributed by atoms with Crippen LogP contribution in [0.2, 0.25) is 0 Å². The SMILES string of the molecule is Cc1cccc(CN(CCC(C)C)C[C@@H]2O[C@H](CO)[C@@H](O)[C@H](O)[C@@H]2O)c1. The van der Waals surface area contributed by atoms with E-state index < -0.39 is 37.1 Å². The summed E-state index contributed by atoms with van der Waals surface area (Å²) >= 11 is 0. The second kappa shape index (κ2) is 9.78. The maximum absolute atomic E-state index is 10.3. The second-order valence-corrected chi connectivity index (χ2v) is 7.77. The van der Waals surface area contributed by atoms with Gasteiger partial charge in [-0.15, -0.1) is 0 Å². The van der Waals surface area contributed by atoms with Crippen LogP contribution in [-0.4, -0.2) is 75.5 Å². The maximum atomic E-state index is 10.3. The quantitative estimate of drug-likeness (QED) is 0.540. The molecule has 0 aromatic heterocycles. The Labute approximate surface area is 156 Å². The Balaban J connectivity index is 2.09. The molecule has 0 amide bonds. The Morgan fingerprint density at radius 1 is 1.08 bits per heavy atom. The first kappa shape index (κ1) is 21.3. The molecule has 6 nitrogen and oxygen atoms in total. The lowest BCUT2D eigenvalue weighted by Gasteiger charge is -2.42. The molecule has 0 spiro atoms. The first-order valence-electron chi connectivity index (χ1n) is 9.40. The molecule has 4 N–H and O–H groups in total. The second-order valence-electron chi connectivity index (χ2n) is 7.77. The summed E-state index contributed by atoms with van der Waals surface area (Å²) < 4.78 is 5.68. The molecule has 1 aromatic rings. The van der Waals surface area contributed by atoms with E-state index in [2.05, 4.69) is 43.9 Å². The minimum Gasteiger partial charge on any atom is -0.394 e. The molecule has 0 radical (unpaired) electrons. The smallest absolute Gasteiger partial charge is 0.111 e. The zero-order valence-electron chi connectivity index (χ0n) is 16.0. The van der Waals surface area contributed by atoms with Crippen LogP contribution in [0.1, 0.15) is 31.4 Å². The van der Waals surface area contributed by atoms with Crippen LogP contribution in [0.15, 0.2) is 24.3 Å². The molecule has 1 fully saturated rings. The van der Waals surface area contributed by atoms with Gasteiger partial charge in [-0.05, 0) is 31.4 Å². The van der Waals surface area contributed by atoms with Crippen LogP contribution in [0.5, 0.6) is 0 Å². The summed E-state index contributed by atoms with van der Waals surface area (Å²) in [6, 6.07) is 8.29. The van der Waals surface area contributed by atoms with Gasteiger partial charge in [0.1, 0.15) is 24.4 Å². The van der Waals surface area contributed by atoms with E-state index in [1.165, 1.54) is 11.1 Å². The topological polar surface area (TPSA) is 93.4 Å². The molecule has 1 aromatic carbocycles. The predicted octanol–water partition coefficient (Wildman–Crippen LogP) is 0.686. The zero-order valence-corrected chi connectivity index (χ0v) is 16.0. The third-order valence-electron chi connectivity index (χ3n) is 4.94. The Kier molecular flexibility index (Phi) is 8.01. The van der Waals surface area contributed by atoms with Gasteiger partial charge >= 0.3 is 0 Å². The van der Waals surface area contributed by atoms with Crippen LogP contribution in [0.4, 0.5) is 0 Å². The summed E-state index contributed by atoms with van der Waals surface area (Å²) in [6.45, 7) is 7.95. The fraction of sp³-hybridized carbons (Fsp3) is 0.700. The highest BCUT2D eigenvalue weighted by Gasteiger charge is 2.43. The van der Waals surface area contributed by atoms with Crippen molar-refractivity contribution in [3.05, 3.63) is 35.4 Å². The Morgan fingerprint density at radius 3 is 2.38 bits per heavy atom. The van der Waals surface area contributed by atoms with Gasteiger partial charge < -0.3 is 25.2 Å². The van der Waals surface area contributed by atoms with Crippen LogP contribution in [-0.2, 0) is 11.3 Å². The molecule has 1 aliphatic heterocycles. The number of ether oxygens (including phenoxy) is 1. The Bertz CT molecular complexity index is 551. The molecule has 0 unspecified atom stereocenters. The number of aliphatic hydroxyl groups excluding tert-OH is 4. The van der Waals surface area contributed by atoms with E-state index in [4.69, 9.17) is 4.74 Å². The van der Waals surface area contributed by atoms with Gasteiger partial charge in [-0.25, -0.2) is 0 Å². The van der Waals surface area contributed by atoms with Crippen LogP contribution < -0.4 is 0 Å². The van der Waals surface area contributed by atoms with E-state index in [9.17, 15) is 20.4 Å². The van der Waals surface area contributed by atoms with Crippen molar-refractivity contribution in [2.24, 2.45) is 5.92 Å². The molecule has 1 saturated heterocycles. The van der Waals surface area contributed by atoms with Crippen LogP contribution in [0, 0.1) is 12.8 Å². The minimum absolute atomic E-state index is 0.397. The Hall–Kier alpha value is -1.02. The summed E-state index contributed by atoms with van der Waals surface area (Å²) in [7, 11) is 0. The average molecular weight is 367 g/mol. The average Bonchev–Trinajstić information content (AvgIpc) is 2.60. The summed E-state index contributed by atoms with van der Waals surface area (Å²) in [5.41, 5.74) is 2.37. The van der Waals surface area contributed by atoms with Crippen molar-refractivity contribution < 1.29 is 25.2 Å². The monoisotopic (exact) mass is 367 g/mol. The molecular formula is C20H33NO5. The summed E-state index contributed by atoms with van der Waals surface area (Å²) in [5, 5.41) is 39.6. The normalized spacial score (nSPS) is 29.5. The van der Waals surface area contributed by atoms with Gasteiger partial charge in [0.2, 0.25) is 0 Å². The van der Waals surface area contributed by atoms with Crippen molar-refractivity contribution in [1.82, 2.24) is 4.90 Å². The van der Waals surface area contributed by atoms with Crippen molar-refractivity contribution in [2.45, 2.75) is 64.3 Å². The number of nitrogens with zero attached hydrogens (tertiary/aromatic N) is 1. The van der Waals surface area contributed by atoms with E-state index in [1.54, 1.807) is 0 Å². The maximum Gasteiger partial charge on any atom is 0.111 e. The highest BCUT2D eigenvalue weighted by Crippen LogP contribution is 2.23. The lowest BCUT2D eigenvalue weighted by molar-refractivity contribution is -0.232. The fourth-order valence-corrected chi connectivity index (χ4v) is 3.33. The molecule has 0 bridgehead atoms. The van der Waals surface area contributed by atoms with Gasteiger partial charge in [0, 0.05) is 13.1 Å². The lowest BCUT2D eigenvalue weighted by atomic mass is 9.94. The molecule has 1 heterocycles. The van der Waals surface area contributed by atoms with Gasteiger partial charge in [0.05, 0.1) is 12.7 Å². The van der Waals surface area contributed by atoms with E-state index in [0.29, 0.717) is 19.0 Å². The molecule has 0 saturated carbocycles. The zero-order chi connectivity index (χ0) is 19.3. The third kappa shape index (κ3) is 5.74. The van der Waals surface area contributed by atoms with Gasteiger partial charge in [0.25, 0.3) is 0 Å². The summed E-state index contributed by atoms with van der Waals surface area (Å²) in [4.78, 5) is 2.20. The van der Waals surface area contributed by atoms with E-state index in [-0.39, 0.29) is 0 Å². The van der Waals surface area contributed by atoms with Crippen molar-refractivity contribution in [2.75, 3.05) is 19.7 Å². The highest BCUT2D eigenvalue weighted by molar-refractivity contribution is 5.22. The van der Waals surface area contributed by atoms with Gasteiger partial charge in [-0.3, -0.25) is 4.90 Å². The molecule has 6 heteroatoms. The lowest BCUT2D eigenvalue weighted by Crippen LogP contribution is -2.60. The number of benzene rings is 1. The number of rotatable bonds is 8. The molecule has 5 atom stereocenters.